The largest absolute Gasteiger partial charge is 0.377 e. The van der Waals surface area contributed by atoms with Gasteiger partial charge in [-0.05, 0) is 18.6 Å². The van der Waals surface area contributed by atoms with Gasteiger partial charge in [-0.25, -0.2) is 18.7 Å². The molecule has 5 heterocycles. The van der Waals surface area contributed by atoms with Gasteiger partial charge in [0.2, 0.25) is 5.95 Å². The van der Waals surface area contributed by atoms with Crippen molar-refractivity contribution in [2.75, 3.05) is 24.7 Å². The quantitative estimate of drug-likeness (QED) is 0.488. The Morgan fingerprint density at radius 3 is 2.97 bits per heavy atom. The zero-order valence-electron chi connectivity index (χ0n) is 17.1. The van der Waals surface area contributed by atoms with Gasteiger partial charge < -0.3 is 9.64 Å². The Morgan fingerprint density at radius 1 is 1.19 bits per heavy atom. The first-order chi connectivity index (χ1) is 15.6. The molecule has 0 amide bonds. The summed E-state index contributed by atoms with van der Waals surface area (Å²) in [6.07, 6.45) is 7.21. The Bertz CT molecular complexity index is 1340. The van der Waals surface area contributed by atoms with Gasteiger partial charge in [0, 0.05) is 18.9 Å². The van der Waals surface area contributed by atoms with E-state index in [1.165, 1.54) is 18.3 Å². The maximum Gasteiger partial charge on any atom is 0.237 e. The highest BCUT2D eigenvalue weighted by molar-refractivity contribution is 5.65. The van der Waals surface area contributed by atoms with Crippen molar-refractivity contribution in [2.45, 2.75) is 18.9 Å². The summed E-state index contributed by atoms with van der Waals surface area (Å²) in [5.74, 6) is 0.0924. The van der Waals surface area contributed by atoms with Crippen molar-refractivity contribution in [3.8, 4) is 23.0 Å². The number of benzene rings is 1. The lowest BCUT2D eigenvalue weighted by Gasteiger charge is -2.49. The van der Waals surface area contributed by atoms with Crippen LogP contribution < -0.4 is 4.90 Å². The zero-order chi connectivity index (χ0) is 21.9. The van der Waals surface area contributed by atoms with Crippen molar-refractivity contribution in [3.05, 3.63) is 60.6 Å². The molecule has 6 rings (SSSR count). The van der Waals surface area contributed by atoms with Crippen LogP contribution in [0.1, 0.15) is 19.2 Å². The maximum atomic E-state index is 14.5. The van der Waals surface area contributed by atoms with Crippen LogP contribution in [0.25, 0.3) is 23.0 Å². The molecule has 1 saturated heterocycles. The smallest absolute Gasteiger partial charge is 0.237 e. The number of halogens is 2. The average molecular weight is 436 g/mol. The molecule has 3 aromatic heterocycles. The molecule has 2 aliphatic rings. The first kappa shape index (κ1) is 19.0. The zero-order valence-corrected chi connectivity index (χ0v) is 17.1. The van der Waals surface area contributed by atoms with Gasteiger partial charge in [0.25, 0.3) is 0 Å². The predicted molar refractivity (Wildman–Crippen MR) is 110 cm³/mol. The maximum absolute atomic E-state index is 14.5. The van der Waals surface area contributed by atoms with Crippen LogP contribution in [0.3, 0.4) is 0 Å². The van der Waals surface area contributed by atoms with Gasteiger partial charge in [-0.3, -0.25) is 9.13 Å². The van der Waals surface area contributed by atoms with Crippen LogP contribution >= 0.6 is 0 Å². The second kappa shape index (κ2) is 6.89. The van der Waals surface area contributed by atoms with Gasteiger partial charge in [-0.1, -0.05) is 13.0 Å². The van der Waals surface area contributed by atoms with E-state index in [1.807, 2.05) is 4.57 Å². The number of aromatic nitrogens is 7. The van der Waals surface area contributed by atoms with E-state index in [0.29, 0.717) is 31.5 Å². The number of ether oxygens (including phenoxy) is 1. The fraction of sp³-hybridized carbons (Fsp3) is 0.286. The minimum atomic E-state index is -0.967. The molecule has 0 N–H and O–H groups in total. The molecule has 1 fully saturated rings. The highest BCUT2D eigenvalue weighted by Crippen LogP contribution is 2.44. The minimum Gasteiger partial charge on any atom is -0.377 e. The Hall–Kier alpha value is -3.73. The van der Waals surface area contributed by atoms with E-state index < -0.39 is 17.2 Å². The predicted octanol–water partition coefficient (Wildman–Crippen LogP) is 2.64. The van der Waals surface area contributed by atoms with Crippen molar-refractivity contribution in [2.24, 2.45) is 0 Å². The molecule has 9 nitrogen and oxygen atoms in total. The number of anilines is 1. The summed E-state index contributed by atoms with van der Waals surface area (Å²) in [4.78, 5) is 15.8. The number of fused-ring (bicyclic) bond motifs is 6. The van der Waals surface area contributed by atoms with Gasteiger partial charge in [0.05, 0.1) is 25.0 Å². The summed E-state index contributed by atoms with van der Waals surface area (Å²) in [6.45, 7) is 3.72. The first-order valence-electron chi connectivity index (χ1n) is 10.3. The number of hydrogen-bond acceptors (Lipinski definition) is 7. The van der Waals surface area contributed by atoms with Crippen molar-refractivity contribution < 1.29 is 13.5 Å². The topological polar surface area (TPSA) is 86.8 Å². The molecule has 0 aliphatic carbocycles. The highest BCUT2D eigenvalue weighted by atomic mass is 19.2. The molecule has 1 atom stereocenters. The molecule has 1 aromatic carbocycles. The molecule has 0 spiro atoms. The van der Waals surface area contributed by atoms with E-state index in [0.717, 1.165) is 24.0 Å². The van der Waals surface area contributed by atoms with Gasteiger partial charge in [-0.2, -0.15) is 4.98 Å². The Labute approximate surface area is 181 Å². The summed E-state index contributed by atoms with van der Waals surface area (Å²) in [7, 11) is 0. The molecular weight excluding hydrogens is 418 g/mol. The van der Waals surface area contributed by atoms with Gasteiger partial charge in [0.1, 0.15) is 23.4 Å². The summed E-state index contributed by atoms with van der Waals surface area (Å²) in [5.41, 5.74) is 0.282. The molecular formula is C21H18F2N8O. The fourth-order valence-electron chi connectivity index (χ4n) is 4.54. The van der Waals surface area contributed by atoms with Crippen LogP contribution in [-0.2, 0) is 10.3 Å². The summed E-state index contributed by atoms with van der Waals surface area (Å²) in [6, 6.07) is 3.99. The lowest BCUT2D eigenvalue weighted by molar-refractivity contribution is 0.0390. The van der Waals surface area contributed by atoms with Crippen LogP contribution in [0.15, 0.2) is 43.1 Å². The van der Waals surface area contributed by atoms with Gasteiger partial charge in [-0.15, -0.1) is 10.2 Å². The molecule has 32 heavy (non-hydrogen) atoms. The highest BCUT2D eigenvalue weighted by Gasteiger charge is 2.49. The lowest BCUT2D eigenvalue weighted by atomic mass is 9.90. The SMILES string of the molecule is CCC12COCCN1c1nc(-n3ccnc3-c3cccc(F)c3F)ncc1-n1cnnc12. The molecule has 0 bridgehead atoms. The number of imidazole rings is 1. The van der Waals surface area contributed by atoms with Crippen molar-refractivity contribution in [3.63, 3.8) is 0 Å². The normalized spacial score (nSPS) is 19.4. The molecule has 162 valence electrons. The molecule has 0 radical (unpaired) electrons. The molecule has 2 aliphatic heterocycles. The molecule has 0 saturated carbocycles. The van der Waals surface area contributed by atoms with Crippen LogP contribution in [-0.4, -0.2) is 54.0 Å². The molecule has 11 heteroatoms. The van der Waals surface area contributed by atoms with Crippen LogP contribution in [0.2, 0.25) is 0 Å². The lowest BCUT2D eigenvalue weighted by Crippen LogP contribution is -2.58. The average Bonchev–Trinajstić information content (AvgIpc) is 3.51. The number of nitrogens with zero attached hydrogens (tertiary/aromatic N) is 8. The summed E-state index contributed by atoms with van der Waals surface area (Å²) in [5, 5.41) is 8.48. The van der Waals surface area contributed by atoms with Crippen molar-refractivity contribution in [1.82, 2.24) is 34.3 Å². The van der Waals surface area contributed by atoms with Crippen LogP contribution in [0.4, 0.5) is 14.6 Å². The number of morpholine rings is 1. The van der Waals surface area contributed by atoms with E-state index in [1.54, 1.807) is 23.3 Å². The van der Waals surface area contributed by atoms with Gasteiger partial charge in [0.15, 0.2) is 23.3 Å². The van der Waals surface area contributed by atoms with Crippen molar-refractivity contribution in [1.29, 1.82) is 0 Å². The van der Waals surface area contributed by atoms with Crippen LogP contribution in [0.5, 0.6) is 0 Å². The monoisotopic (exact) mass is 436 g/mol. The van der Waals surface area contributed by atoms with E-state index in [9.17, 15) is 8.78 Å². The summed E-state index contributed by atoms with van der Waals surface area (Å²) >= 11 is 0. The number of rotatable bonds is 3. The fourth-order valence-corrected chi connectivity index (χ4v) is 4.54. The standard InChI is InChI=1S/C21H18F2N8O/c1-2-21-11-32-9-8-31(21)18-15(30-12-26-28-19(21)30)10-25-20(27-18)29-7-6-24-17(29)13-4-3-5-14(22)16(13)23/h3-7,10,12H,2,8-9,11H2,1H3. The summed E-state index contributed by atoms with van der Waals surface area (Å²) < 4.78 is 37.6. The number of hydrogen-bond donors (Lipinski definition) is 0. The molecule has 4 aromatic rings. The second-order valence-electron chi connectivity index (χ2n) is 7.71. The Morgan fingerprint density at radius 2 is 2.09 bits per heavy atom. The van der Waals surface area contributed by atoms with Crippen molar-refractivity contribution >= 4 is 5.82 Å². The Kier molecular flexibility index (Phi) is 4.09. The van der Waals surface area contributed by atoms with Gasteiger partial charge >= 0.3 is 0 Å². The molecule has 1 unspecified atom stereocenters. The second-order valence-corrected chi connectivity index (χ2v) is 7.71. The van der Waals surface area contributed by atoms with E-state index >= 15 is 0 Å². The van der Waals surface area contributed by atoms with E-state index in [-0.39, 0.29) is 11.4 Å². The third kappa shape index (κ3) is 2.48. The third-order valence-electron chi connectivity index (χ3n) is 6.17. The van der Waals surface area contributed by atoms with E-state index in [2.05, 4.69) is 32.0 Å². The third-order valence-corrected chi connectivity index (χ3v) is 6.17. The first-order valence-corrected chi connectivity index (χ1v) is 10.3. The van der Waals surface area contributed by atoms with E-state index in [4.69, 9.17) is 9.72 Å². The van der Waals surface area contributed by atoms with Crippen LogP contribution in [0, 0.1) is 11.6 Å². The minimum absolute atomic E-state index is 0.0340. The Balaban J connectivity index is 1.53.